The third kappa shape index (κ3) is 5.55. The van der Waals surface area contributed by atoms with Gasteiger partial charge in [0.25, 0.3) is 11.8 Å². The minimum Gasteiger partial charge on any atom is -0.493 e. The van der Waals surface area contributed by atoms with Crippen LogP contribution in [0, 0.1) is 12.7 Å². The number of amides is 2. The zero-order valence-corrected chi connectivity index (χ0v) is 25.0. The van der Waals surface area contributed by atoms with Crippen molar-refractivity contribution in [2.45, 2.75) is 33.2 Å². The van der Waals surface area contributed by atoms with Gasteiger partial charge < -0.3 is 34.3 Å². The quantitative estimate of drug-likeness (QED) is 0.274. The number of aliphatic hydroxyl groups excluding tert-OH is 1. The number of hydrogen-bond donors (Lipinski definition) is 2. The van der Waals surface area contributed by atoms with Crippen molar-refractivity contribution in [3.8, 4) is 28.7 Å². The Balaban J connectivity index is 1.26. The molecule has 1 aromatic heterocycles. The molecule has 0 radical (unpaired) electrons. The van der Waals surface area contributed by atoms with E-state index in [2.05, 4.69) is 10.3 Å². The number of aliphatic hydroxyl groups is 1. The first-order valence-electron chi connectivity index (χ1n) is 14.3. The number of pyridine rings is 1. The van der Waals surface area contributed by atoms with Gasteiger partial charge in [-0.2, -0.15) is 0 Å². The summed E-state index contributed by atoms with van der Waals surface area (Å²) < 4.78 is 38.4. The summed E-state index contributed by atoms with van der Waals surface area (Å²) in [7, 11) is 1.51. The normalized spacial score (nSPS) is 16.1. The van der Waals surface area contributed by atoms with E-state index in [0.717, 1.165) is 16.5 Å². The van der Waals surface area contributed by atoms with Crippen LogP contribution < -0.4 is 29.2 Å². The molecule has 0 saturated carbocycles. The number of carbonyl (C=O) groups is 2. The van der Waals surface area contributed by atoms with Crippen LogP contribution in [0.3, 0.4) is 0 Å². The number of benzene rings is 3. The second-order valence-electron chi connectivity index (χ2n) is 10.8. The van der Waals surface area contributed by atoms with Crippen LogP contribution in [-0.2, 0) is 9.59 Å². The number of aromatic nitrogens is 1. The Morgan fingerprint density at radius 3 is 2.47 bits per heavy atom. The van der Waals surface area contributed by atoms with Crippen LogP contribution >= 0.6 is 0 Å². The average molecular weight is 615 g/mol. The Kier molecular flexibility index (Phi) is 7.90. The van der Waals surface area contributed by atoms with Crippen LogP contribution in [0.2, 0.25) is 0 Å². The molecule has 3 heterocycles. The summed E-state index contributed by atoms with van der Waals surface area (Å²) in [6.45, 7) is 6.20. The number of aryl methyl sites for hydroxylation is 1. The van der Waals surface area contributed by atoms with E-state index in [9.17, 15) is 14.7 Å². The van der Waals surface area contributed by atoms with Gasteiger partial charge in [0.1, 0.15) is 24.5 Å². The monoisotopic (exact) mass is 614 g/mol. The summed E-state index contributed by atoms with van der Waals surface area (Å²) in [5.74, 6) is -0.819. The molecule has 0 aliphatic carbocycles. The fourth-order valence-corrected chi connectivity index (χ4v) is 5.16. The summed E-state index contributed by atoms with van der Waals surface area (Å²) in [5, 5.41) is 14.1. The molecular weight excluding hydrogens is 583 g/mol. The lowest BCUT2D eigenvalue weighted by Gasteiger charge is -2.41. The molecule has 1 unspecified atom stereocenters. The minimum atomic E-state index is -1.32. The van der Waals surface area contributed by atoms with Crippen molar-refractivity contribution in [2.75, 3.05) is 30.5 Å². The maximum Gasteiger partial charge on any atom is 0.268 e. The number of ether oxygens (including phenoxy) is 4. The Bertz CT molecular complexity index is 1830. The highest BCUT2D eigenvalue weighted by molar-refractivity contribution is 6.27. The second-order valence-corrected chi connectivity index (χ2v) is 10.8. The Morgan fingerprint density at radius 1 is 1.04 bits per heavy atom. The van der Waals surface area contributed by atoms with E-state index in [1.807, 2.05) is 20.8 Å². The predicted octanol–water partition coefficient (Wildman–Crippen LogP) is 5.11. The first kappa shape index (κ1) is 29.7. The van der Waals surface area contributed by atoms with Gasteiger partial charge in [0.05, 0.1) is 18.0 Å². The van der Waals surface area contributed by atoms with Crippen LogP contribution in [0.4, 0.5) is 15.8 Å². The minimum absolute atomic E-state index is 0.0982. The number of carbonyl (C=O) groups excluding carboxylic acids is 2. The summed E-state index contributed by atoms with van der Waals surface area (Å²) in [4.78, 5) is 33.9. The molecule has 11 nitrogen and oxygen atoms in total. The first-order valence-corrected chi connectivity index (χ1v) is 14.3. The van der Waals surface area contributed by atoms with Crippen molar-refractivity contribution in [2.24, 2.45) is 0 Å². The maximum atomic E-state index is 15.4. The molecule has 12 heteroatoms. The molecule has 45 heavy (non-hydrogen) atoms. The SMILES string of the molecule is COc1cc2nccc(Oc3ccc(NC(=O)C4=CN(C(C)C)C(O)N(c5ccc(C)cc5)C4=O)cc3F)c2c2c1OCCO2. The lowest BCUT2D eigenvalue weighted by Crippen LogP contribution is -2.56. The van der Waals surface area contributed by atoms with Crippen molar-refractivity contribution < 1.29 is 38.0 Å². The lowest BCUT2D eigenvalue weighted by atomic mass is 10.1. The highest BCUT2D eigenvalue weighted by Crippen LogP contribution is 2.48. The Hall–Kier alpha value is -5.36. The highest BCUT2D eigenvalue weighted by Gasteiger charge is 2.38. The van der Waals surface area contributed by atoms with Gasteiger partial charge >= 0.3 is 0 Å². The summed E-state index contributed by atoms with van der Waals surface area (Å²) in [5.41, 5.74) is 1.78. The predicted molar refractivity (Wildman–Crippen MR) is 164 cm³/mol. The van der Waals surface area contributed by atoms with E-state index in [0.29, 0.717) is 47.1 Å². The number of hydrogen-bond acceptors (Lipinski definition) is 9. The van der Waals surface area contributed by atoms with Crippen LogP contribution in [-0.4, -0.2) is 59.5 Å². The molecule has 0 saturated heterocycles. The van der Waals surface area contributed by atoms with Gasteiger partial charge in [0, 0.05) is 41.9 Å². The second kappa shape index (κ2) is 12.0. The third-order valence-corrected chi connectivity index (χ3v) is 7.45. The smallest absolute Gasteiger partial charge is 0.268 e. The fourth-order valence-electron chi connectivity index (χ4n) is 5.16. The van der Waals surface area contributed by atoms with Gasteiger partial charge in [-0.25, -0.2) is 4.39 Å². The number of fused-ring (bicyclic) bond motifs is 3. The largest absolute Gasteiger partial charge is 0.493 e. The third-order valence-electron chi connectivity index (χ3n) is 7.45. The van der Waals surface area contributed by atoms with Crippen LogP contribution in [0.1, 0.15) is 19.4 Å². The standard InChI is InChI=1S/C33H31FN4O7/c1-18(2)37-17-22(32(40)38(33(37)41)21-8-5-19(3)6-9-21)31(39)36-20-7-10-25(23(34)15-20)45-26-11-12-35-24-16-27(42-4)29-30(28(24)26)44-14-13-43-29/h5-12,15-18,33,41H,13-14H2,1-4H3,(H,36,39). The average Bonchev–Trinajstić information content (AvgIpc) is 3.02. The summed E-state index contributed by atoms with van der Waals surface area (Å²) in [6.07, 6.45) is 1.52. The van der Waals surface area contributed by atoms with Gasteiger partial charge in [-0.3, -0.25) is 19.5 Å². The van der Waals surface area contributed by atoms with Gasteiger partial charge in [-0.15, -0.1) is 0 Å². The van der Waals surface area contributed by atoms with Crippen LogP contribution in [0.25, 0.3) is 10.9 Å². The molecule has 6 rings (SSSR count). The molecule has 0 fully saturated rings. The maximum absolute atomic E-state index is 15.4. The number of halogens is 1. The molecule has 0 spiro atoms. The van der Waals surface area contributed by atoms with E-state index >= 15 is 4.39 Å². The number of methoxy groups -OCH3 is 1. The zero-order chi connectivity index (χ0) is 31.8. The summed E-state index contributed by atoms with van der Waals surface area (Å²) >= 11 is 0. The van der Waals surface area contributed by atoms with E-state index in [4.69, 9.17) is 18.9 Å². The molecule has 2 aliphatic heterocycles. The molecule has 4 aromatic rings. The Morgan fingerprint density at radius 2 is 1.78 bits per heavy atom. The molecule has 2 N–H and O–H groups in total. The number of rotatable bonds is 7. The van der Waals surface area contributed by atoms with E-state index in [-0.39, 0.29) is 28.8 Å². The van der Waals surface area contributed by atoms with Gasteiger partial charge in [0.15, 0.2) is 23.1 Å². The molecule has 1 atom stereocenters. The zero-order valence-electron chi connectivity index (χ0n) is 25.0. The molecule has 3 aromatic carbocycles. The van der Waals surface area contributed by atoms with Crippen molar-refractivity contribution >= 4 is 34.1 Å². The van der Waals surface area contributed by atoms with E-state index < -0.39 is 24.0 Å². The van der Waals surface area contributed by atoms with Gasteiger partial charge in [0.2, 0.25) is 12.1 Å². The lowest BCUT2D eigenvalue weighted by molar-refractivity contribution is -0.125. The number of nitrogens with zero attached hydrogens (tertiary/aromatic N) is 3. The number of nitrogens with one attached hydrogen (secondary N) is 1. The summed E-state index contributed by atoms with van der Waals surface area (Å²) in [6, 6.07) is 13.9. The number of anilines is 2. The molecular formula is C33H31FN4O7. The van der Waals surface area contributed by atoms with Crippen molar-refractivity contribution in [3.05, 3.63) is 83.9 Å². The molecule has 0 bridgehead atoms. The Labute approximate surface area is 258 Å². The van der Waals surface area contributed by atoms with Crippen molar-refractivity contribution in [1.29, 1.82) is 0 Å². The fraction of sp³-hybridized carbons (Fsp3) is 0.242. The topological polar surface area (TPSA) is 123 Å². The van der Waals surface area contributed by atoms with E-state index in [1.54, 1.807) is 36.4 Å². The van der Waals surface area contributed by atoms with Crippen molar-refractivity contribution in [3.63, 3.8) is 0 Å². The van der Waals surface area contributed by atoms with Crippen LogP contribution in [0.15, 0.2) is 72.6 Å². The molecule has 232 valence electrons. The van der Waals surface area contributed by atoms with Crippen LogP contribution in [0.5, 0.6) is 28.7 Å². The van der Waals surface area contributed by atoms with Gasteiger partial charge in [-0.05, 0) is 51.1 Å². The highest BCUT2D eigenvalue weighted by atomic mass is 19.1. The molecule has 2 amide bonds. The van der Waals surface area contributed by atoms with E-state index in [1.165, 1.54) is 36.5 Å². The van der Waals surface area contributed by atoms with Crippen molar-refractivity contribution in [1.82, 2.24) is 9.88 Å². The molecule has 2 aliphatic rings. The first-order chi connectivity index (χ1) is 21.7. The van der Waals surface area contributed by atoms with Gasteiger partial charge in [-0.1, -0.05) is 17.7 Å².